The van der Waals surface area contributed by atoms with E-state index in [2.05, 4.69) is 4.99 Å². The number of anilines is 1. The quantitative estimate of drug-likeness (QED) is 0.633. The molecule has 5 heteroatoms. The van der Waals surface area contributed by atoms with E-state index in [1.54, 1.807) is 22.9 Å². The zero-order chi connectivity index (χ0) is 14.9. The van der Waals surface area contributed by atoms with Crippen molar-refractivity contribution in [2.45, 2.75) is 31.2 Å². The van der Waals surface area contributed by atoms with E-state index in [0.29, 0.717) is 6.54 Å². The van der Waals surface area contributed by atoms with Crippen LogP contribution in [0.5, 0.6) is 0 Å². The maximum Gasteiger partial charge on any atom is 0.324 e. The third-order valence-electron chi connectivity index (χ3n) is 4.60. The van der Waals surface area contributed by atoms with Gasteiger partial charge in [0.05, 0.1) is 5.54 Å². The topological polar surface area (TPSA) is 53.0 Å². The fourth-order valence-electron chi connectivity index (χ4n) is 3.36. The lowest BCUT2D eigenvalue weighted by molar-refractivity contribution is 0.229. The Kier molecular flexibility index (Phi) is 3.52. The summed E-state index contributed by atoms with van der Waals surface area (Å²) in [6, 6.07) is 7.90. The molecule has 0 spiro atoms. The van der Waals surface area contributed by atoms with Crippen LogP contribution in [0.2, 0.25) is 0 Å². The van der Waals surface area contributed by atoms with Gasteiger partial charge in [0.15, 0.2) is 0 Å². The van der Waals surface area contributed by atoms with Gasteiger partial charge in [-0.15, -0.1) is 0 Å². The Morgan fingerprint density at radius 3 is 2.62 bits per heavy atom. The average Bonchev–Trinajstić information content (AvgIpc) is 3.09. The molecular formula is C16H19N3O2. The van der Waals surface area contributed by atoms with Gasteiger partial charge in [-0.25, -0.2) is 9.59 Å². The minimum atomic E-state index is -0.438. The van der Waals surface area contributed by atoms with Crippen molar-refractivity contribution >= 4 is 17.8 Å². The number of urea groups is 1. The van der Waals surface area contributed by atoms with E-state index in [0.717, 1.165) is 43.5 Å². The molecule has 0 aromatic heterocycles. The highest BCUT2D eigenvalue weighted by molar-refractivity contribution is 5.94. The van der Waals surface area contributed by atoms with E-state index >= 15 is 0 Å². The third kappa shape index (κ3) is 2.34. The molecule has 2 amide bonds. The van der Waals surface area contributed by atoms with Crippen LogP contribution >= 0.6 is 0 Å². The highest BCUT2D eigenvalue weighted by Gasteiger charge is 2.36. The standard InChI is InChI=1S/C16H19N3O2/c1-18-9-10-19(15(18)21)14-6-4-5-13(11-14)16(17-12-20)7-2-3-8-16/h4-6,11H,2-3,7-10H2,1H3. The Bertz CT molecular complexity index is 601. The van der Waals surface area contributed by atoms with E-state index in [-0.39, 0.29) is 6.03 Å². The van der Waals surface area contributed by atoms with Gasteiger partial charge in [-0.3, -0.25) is 4.90 Å². The number of nitrogens with zero attached hydrogens (tertiary/aromatic N) is 3. The van der Waals surface area contributed by atoms with Crippen molar-refractivity contribution in [1.82, 2.24) is 4.90 Å². The van der Waals surface area contributed by atoms with Crippen LogP contribution in [0.25, 0.3) is 0 Å². The maximum atomic E-state index is 12.1. The van der Waals surface area contributed by atoms with Crippen molar-refractivity contribution in [2.24, 2.45) is 4.99 Å². The molecule has 2 fully saturated rings. The minimum absolute atomic E-state index is 0.0199. The summed E-state index contributed by atoms with van der Waals surface area (Å²) in [5, 5.41) is 0. The molecule has 1 aliphatic carbocycles. The molecule has 0 atom stereocenters. The molecule has 1 saturated carbocycles. The van der Waals surface area contributed by atoms with Crippen LogP contribution in [0.4, 0.5) is 10.5 Å². The molecule has 0 unspecified atom stereocenters. The van der Waals surface area contributed by atoms with Gasteiger partial charge in [-0.2, -0.15) is 4.99 Å². The van der Waals surface area contributed by atoms with Crippen molar-refractivity contribution in [3.05, 3.63) is 29.8 Å². The first-order valence-electron chi connectivity index (χ1n) is 7.38. The Balaban J connectivity index is 1.96. The number of hydrogen-bond donors (Lipinski definition) is 0. The molecule has 0 bridgehead atoms. The van der Waals surface area contributed by atoms with E-state index in [1.807, 2.05) is 24.3 Å². The predicted octanol–water partition coefficient (Wildman–Crippen LogP) is 2.66. The van der Waals surface area contributed by atoms with Crippen LogP contribution in [0.15, 0.2) is 29.3 Å². The molecule has 1 heterocycles. The van der Waals surface area contributed by atoms with Crippen molar-refractivity contribution in [1.29, 1.82) is 0 Å². The lowest BCUT2D eigenvalue weighted by Gasteiger charge is -2.25. The number of benzene rings is 1. The summed E-state index contributed by atoms with van der Waals surface area (Å²) in [4.78, 5) is 30.5. The lowest BCUT2D eigenvalue weighted by atomic mass is 9.88. The maximum absolute atomic E-state index is 12.1. The largest absolute Gasteiger partial charge is 0.326 e. The SMILES string of the molecule is CN1CCN(c2cccc(C3(N=C=O)CCCC3)c2)C1=O. The van der Waals surface area contributed by atoms with Gasteiger partial charge in [-0.05, 0) is 30.5 Å². The second-order valence-corrected chi connectivity index (χ2v) is 5.85. The van der Waals surface area contributed by atoms with Crippen LogP contribution in [-0.2, 0) is 10.3 Å². The Morgan fingerprint density at radius 2 is 2.00 bits per heavy atom. The Hall–Kier alpha value is -2.13. The summed E-state index contributed by atoms with van der Waals surface area (Å²) in [7, 11) is 1.81. The fraction of sp³-hybridized carbons (Fsp3) is 0.500. The Labute approximate surface area is 124 Å². The molecule has 1 saturated heterocycles. The molecule has 110 valence electrons. The number of likely N-dealkylation sites (N-methyl/N-ethyl adjacent to an activating group) is 1. The van der Waals surface area contributed by atoms with E-state index < -0.39 is 5.54 Å². The second-order valence-electron chi connectivity index (χ2n) is 5.85. The van der Waals surface area contributed by atoms with Crippen LogP contribution in [0.1, 0.15) is 31.2 Å². The molecule has 21 heavy (non-hydrogen) atoms. The highest BCUT2D eigenvalue weighted by atomic mass is 16.2. The van der Waals surface area contributed by atoms with Crippen LogP contribution < -0.4 is 4.90 Å². The molecule has 1 aliphatic heterocycles. The highest BCUT2D eigenvalue weighted by Crippen LogP contribution is 2.43. The average molecular weight is 285 g/mol. The number of hydrogen-bond acceptors (Lipinski definition) is 3. The van der Waals surface area contributed by atoms with Crippen LogP contribution in [-0.4, -0.2) is 37.1 Å². The summed E-state index contributed by atoms with van der Waals surface area (Å²) in [6.07, 6.45) is 5.63. The van der Waals surface area contributed by atoms with Gasteiger partial charge in [0.25, 0.3) is 0 Å². The minimum Gasteiger partial charge on any atom is -0.326 e. The molecule has 0 N–H and O–H groups in total. The number of amides is 2. The zero-order valence-corrected chi connectivity index (χ0v) is 12.2. The predicted molar refractivity (Wildman–Crippen MR) is 80.1 cm³/mol. The third-order valence-corrected chi connectivity index (χ3v) is 4.60. The number of aliphatic imine (C=N–C) groups is 1. The molecule has 2 aliphatic rings. The fourth-order valence-corrected chi connectivity index (χ4v) is 3.36. The first kappa shape index (κ1) is 13.8. The van der Waals surface area contributed by atoms with E-state index in [4.69, 9.17) is 0 Å². The van der Waals surface area contributed by atoms with E-state index in [9.17, 15) is 9.59 Å². The first-order chi connectivity index (χ1) is 10.2. The van der Waals surface area contributed by atoms with Crippen molar-refractivity contribution in [3.63, 3.8) is 0 Å². The summed E-state index contributed by atoms with van der Waals surface area (Å²) in [5.74, 6) is 0. The number of rotatable bonds is 3. The Morgan fingerprint density at radius 1 is 1.24 bits per heavy atom. The summed E-state index contributed by atoms with van der Waals surface area (Å²) in [6.45, 7) is 1.43. The van der Waals surface area contributed by atoms with Gasteiger partial charge < -0.3 is 4.90 Å². The van der Waals surface area contributed by atoms with Gasteiger partial charge in [0, 0.05) is 25.8 Å². The van der Waals surface area contributed by atoms with E-state index in [1.165, 1.54) is 0 Å². The lowest BCUT2D eigenvalue weighted by Crippen LogP contribution is -2.29. The zero-order valence-electron chi connectivity index (χ0n) is 12.2. The molecule has 0 radical (unpaired) electrons. The van der Waals surface area contributed by atoms with Crippen molar-refractivity contribution in [2.75, 3.05) is 25.0 Å². The summed E-state index contributed by atoms with van der Waals surface area (Å²) in [5.41, 5.74) is 1.46. The molecule has 1 aromatic rings. The van der Waals surface area contributed by atoms with Gasteiger partial charge in [0.2, 0.25) is 6.08 Å². The van der Waals surface area contributed by atoms with Crippen LogP contribution in [0, 0.1) is 0 Å². The monoisotopic (exact) mass is 285 g/mol. The second kappa shape index (κ2) is 5.34. The number of carbonyl (C=O) groups is 1. The van der Waals surface area contributed by atoms with Crippen LogP contribution in [0.3, 0.4) is 0 Å². The van der Waals surface area contributed by atoms with Gasteiger partial charge in [-0.1, -0.05) is 25.0 Å². The smallest absolute Gasteiger partial charge is 0.324 e. The summed E-state index contributed by atoms with van der Waals surface area (Å²) < 4.78 is 0. The molecule has 5 nitrogen and oxygen atoms in total. The molecule has 3 rings (SSSR count). The number of isocyanates is 1. The molecular weight excluding hydrogens is 266 g/mol. The van der Waals surface area contributed by atoms with Gasteiger partial charge in [0.1, 0.15) is 0 Å². The van der Waals surface area contributed by atoms with Crippen molar-refractivity contribution < 1.29 is 9.59 Å². The van der Waals surface area contributed by atoms with Crippen molar-refractivity contribution in [3.8, 4) is 0 Å². The number of carbonyl (C=O) groups excluding carboxylic acids is 2. The molecule has 1 aromatic carbocycles. The summed E-state index contributed by atoms with van der Waals surface area (Å²) >= 11 is 0. The van der Waals surface area contributed by atoms with Gasteiger partial charge >= 0.3 is 6.03 Å². The normalized spacial score (nSPS) is 20.7. The first-order valence-corrected chi connectivity index (χ1v) is 7.38.